The highest BCUT2D eigenvalue weighted by molar-refractivity contribution is 6.31. The number of fused-ring (bicyclic) bond motifs is 1. The number of rotatable bonds is 5. The van der Waals surface area contributed by atoms with E-state index in [4.69, 9.17) is 22.1 Å². The third kappa shape index (κ3) is 5.35. The summed E-state index contributed by atoms with van der Waals surface area (Å²) in [5, 5.41) is 6.42. The van der Waals surface area contributed by atoms with Crippen LogP contribution in [0.5, 0.6) is 0 Å². The molecule has 0 saturated carbocycles. The number of hydrogen-bond acceptors (Lipinski definition) is 5. The summed E-state index contributed by atoms with van der Waals surface area (Å²) in [6, 6.07) is 8.75. The molecule has 1 fully saturated rings. The minimum atomic E-state index is -0.783. The Kier molecular flexibility index (Phi) is 7.09. The van der Waals surface area contributed by atoms with Crippen molar-refractivity contribution in [3.63, 3.8) is 0 Å². The van der Waals surface area contributed by atoms with Crippen molar-refractivity contribution in [1.29, 1.82) is 0 Å². The molecular formula is C23H22ClF2N5O3. The third-order valence-corrected chi connectivity index (χ3v) is 6.04. The largest absolute Gasteiger partial charge is 0.447 e. The van der Waals surface area contributed by atoms with Crippen LogP contribution in [0.25, 0.3) is 10.8 Å². The Balaban J connectivity index is 1.33. The minimum Gasteiger partial charge on any atom is -0.447 e. The van der Waals surface area contributed by atoms with Crippen LogP contribution < -0.4 is 16.4 Å². The van der Waals surface area contributed by atoms with Crippen molar-refractivity contribution in [3.05, 3.63) is 70.9 Å². The molecule has 1 aliphatic heterocycles. The first-order valence-corrected chi connectivity index (χ1v) is 10.9. The van der Waals surface area contributed by atoms with E-state index < -0.39 is 35.8 Å². The van der Waals surface area contributed by atoms with Crippen molar-refractivity contribution in [1.82, 2.24) is 15.2 Å². The number of anilines is 1. The van der Waals surface area contributed by atoms with Crippen molar-refractivity contribution >= 4 is 40.3 Å². The van der Waals surface area contributed by atoms with Gasteiger partial charge in [0.15, 0.2) is 0 Å². The number of pyridine rings is 1. The molecule has 0 bridgehead atoms. The van der Waals surface area contributed by atoms with Crippen molar-refractivity contribution in [3.8, 4) is 0 Å². The number of urea groups is 1. The molecule has 0 unspecified atom stereocenters. The zero-order chi connectivity index (χ0) is 24.2. The molecule has 4 N–H and O–H groups in total. The molecule has 2 aromatic carbocycles. The molecule has 11 heteroatoms. The van der Waals surface area contributed by atoms with Gasteiger partial charge in [0, 0.05) is 30.7 Å². The molecule has 2 atom stereocenters. The average Bonchev–Trinajstić information content (AvgIpc) is 3.18. The molecule has 178 valence electrons. The molecule has 1 saturated heterocycles. The van der Waals surface area contributed by atoms with Crippen LogP contribution in [0.1, 0.15) is 12.0 Å². The summed E-state index contributed by atoms with van der Waals surface area (Å²) < 4.78 is 32.3. The van der Waals surface area contributed by atoms with Gasteiger partial charge in [-0.1, -0.05) is 23.7 Å². The third-order valence-electron chi connectivity index (χ3n) is 5.62. The van der Waals surface area contributed by atoms with Crippen molar-refractivity contribution in [2.45, 2.75) is 25.0 Å². The molecule has 3 amide bonds. The van der Waals surface area contributed by atoms with Gasteiger partial charge in [-0.2, -0.15) is 0 Å². The van der Waals surface area contributed by atoms with E-state index in [0.717, 1.165) is 5.39 Å². The molecule has 4 rings (SSSR count). The molecular weight excluding hydrogens is 468 g/mol. The second kappa shape index (κ2) is 10.2. The van der Waals surface area contributed by atoms with Crippen LogP contribution in [0.2, 0.25) is 5.02 Å². The molecule has 8 nitrogen and oxygen atoms in total. The first kappa shape index (κ1) is 23.7. The van der Waals surface area contributed by atoms with E-state index >= 15 is 0 Å². The summed E-state index contributed by atoms with van der Waals surface area (Å²) in [6.45, 7) is 0.268. The number of nitrogens with one attached hydrogen (secondary N) is 2. The van der Waals surface area contributed by atoms with Gasteiger partial charge in [0.1, 0.15) is 24.1 Å². The Morgan fingerprint density at radius 1 is 1.21 bits per heavy atom. The van der Waals surface area contributed by atoms with Gasteiger partial charge in [-0.3, -0.25) is 5.32 Å². The zero-order valence-electron chi connectivity index (χ0n) is 17.9. The van der Waals surface area contributed by atoms with Crippen LogP contribution >= 0.6 is 11.6 Å². The van der Waals surface area contributed by atoms with E-state index in [9.17, 15) is 18.4 Å². The Bertz CT molecular complexity index is 1230. The molecule has 3 aromatic rings. The number of nitrogens with two attached hydrogens (primary N) is 1. The molecule has 0 aliphatic carbocycles. The highest BCUT2D eigenvalue weighted by Crippen LogP contribution is 2.21. The zero-order valence-corrected chi connectivity index (χ0v) is 18.7. The van der Waals surface area contributed by atoms with E-state index in [1.807, 2.05) is 0 Å². The standard InChI is InChI=1S/C23H22ClF2N5O3/c24-21-14(2-1-3-17(21)26)11-29-22(32)31-7-6-18(27)19(31)12-34-23(33)30-20-9-15-8-16(25)5-4-13(15)10-28-20/h1-5,8-10,18-19H,6-7,11-12,27H2,(H,29,32)(H,28,30,33)/t18-,19+/m0/s1. The molecule has 2 heterocycles. The van der Waals surface area contributed by atoms with Gasteiger partial charge < -0.3 is 20.7 Å². The lowest BCUT2D eigenvalue weighted by Crippen LogP contribution is -2.49. The van der Waals surface area contributed by atoms with Crippen molar-refractivity contribution in [2.24, 2.45) is 5.73 Å². The predicted molar refractivity (Wildman–Crippen MR) is 123 cm³/mol. The monoisotopic (exact) mass is 489 g/mol. The highest BCUT2D eigenvalue weighted by Gasteiger charge is 2.36. The maximum atomic E-state index is 13.6. The lowest BCUT2D eigenvalue weighted by molar-refractivity contribution is 0.119. The Morgan fingerprint density at radius 2 is 2.03 bits per heavy atom. The number of carbonyl (C=O) groups is 2. The number of aromatic nitrogens is 1. The normalized spacial score (nSPS) is 17.6. The molecule has 1 aromatic heterocycles. The first-order chi connectivity index (χ1) is 16.3. The van der Waals surface area contributed by atoms with Gasteiger partial charge in [0.05, 0.1) is 11.1 Å². The summed E-state index contributed by atoms with van der Waals surface area (Å²) in [5.74, 6) is -0.777. The maximum Gasteiger partial charge on any atom is 0.412 e. The maximum absolute atomic E-state index is 13.6. The summed E-state index contributed by atoms with van der Waals surface area (Å²) in [6.07, 6.45) is 1.25. The van der Waals surface area contributed by atoms with Crippen LogP contribution in [-0.2, 0) is 11.3 Å². The SMILES string of the molecule is N[C@H]1CCN(C(=O)NCc2cccc(F)c2Cl)[C@@H]1COC(=O)Nc1cc2cc(F)ccc2cn1. The van der Waals surface area contributed by atoms with Crippen molar-refractivity contribution < 1.29 is 23.1 Å². The van der Waals surface area contributed by atoms with Gasteiger partial charge in [0.25, 0.3) is 0 Å². The second-order valence-corrected chi connectivity index (χ2v) is 8.25. The quantitative estimate of drug-likeness (QED) is 0.501. The van der Waals surface area contributed by atoms with E-state index in [0.29, 0.717) is 23.9 Å². The number of amides is 3. The summed E-state index contributed by atoms with van der Waals surface area (Å²) in [7, 11) is 0. The van der Waals surface area contributed by atoms with E-state index in [1.165, 1.54) is 41.4 Å². The Labute approximate surface area is 199 Å². The summed E-state index contributed by atoms with van der Waals surface area (Å²) in [4.78, 5) is 30.5. The van der Waals surface area contributed by atoms with E-state index in [2.05, 4.69) is 15.6 Å². The van der Waals surface area contributed by atoms with Crippen LogP contribution in [0.15, 0.2) is 48.7 Å². The van der Waals surface area contributed by atoms with Crippen LogP contribution in [0.3, 0.4) is 0 Å². The molecule has 34 heavy (non-hydrogen) atoms. The van der Waals surface area contributed by atoms with Crippen LogP contribution in [0, 0.1) is 11.6 Å². The van der Waals surface area contributed by atoms with E-state index in [-0.39, 0.29) is 24.0 Å². The molecule has 0 spiro atoms. The van der Waals surface area contributed by atoms with Crippen LogP contribution in [-0.4, -0.2) is 47.2 Å². The number of likely N-dealkylation sites (tertiary alicyclic amines) is 1. The van der Waals surface area contributed by atoms with Gasteiger partial charge >= 0.3 is 12.1 Å². The average molecular weight is 490 g/mol. The minimum absolute atomic E-state index is 0.0312. The predicted octanol–water partition coefficient (Wildman–Crippen LogP) is 4.03. The van der Waals surface area contributed by atoms with Crippen LogP contribution in [0.4, 0.5) is 24.2 Å². The van der Waals surface area contributed by atoms with Gasteiger partial charge in [-0.05, 0) is 47.7 Å². The topological polar surface area (TPSA) is 110 Å². The van der Waals surface area contributed by atoms with Crippen molar-refractivity contribution in [2.75, 3.05) is 18.5 Å². The number of hydrogen-bond donors (Lipinski definition) is 3. The smallest absolute Gasteiger partial charge is 0.412 e. The fourth-order valence-corrected chi connectivity index (χ4v) is 3.98. The fraction of sp³-hybridized carbons (Fsp3) is 0.261. The number of halogens is 3. The summed E-state index contributed by atoms with van der Waals surface area (Å²) in [5.41, 5.74) is 6.56. The summed E-state index contributed by atoms with van der Waals surface area (Å²) >= 11 is 5.93. The first-order valence-electron chi connectivity index (χ1n) is 10.5. The Morgan fingerprint density at radius 3 is 2.85 bits per heavy atom. The lowest BCUT2D eigenvalue weighted by Gasteiger charge is -2.26. The number of benzene rings is 2. The molecule has 1 aliphatic rings. The van der Waals surface area contributed by atoms with Gasteiger partial charge in [0.2, 0.25) is 0 Å². The van der Waals surface area contributed by atoms with E-state index in [1.54, 1.807) is 12.1 Å². The molecule has 0 radical (unpaired) electrons. The Hall–Kier alpha value is -3.50. The lowest BCUT2D eigenvalue weighted by atomic mass is 10.1. The second-order valence-electron chi connectivity index (χ2n) is 7.87. The van der Waals surface area contributed by atoms with Gasteiger partial charge in [-0.25, -0.2) is 23.4 Å². The highest BCUT2D eigenvalue weighted by atomic mass is 35.5. The number of carbonyl (C=O) groups excluding carboxylic acids is 2. The number of nitrogens with zero attached hydrogens (tertiary/aromatic N) is 2. The van der Waals surface area contributed by atoms with Gasteiger partial charge in [-0.15, -0.1) is 0 Å². The fourth-order valence-electron chi connectivity index (χ4n) is 3.78. The number of ether oxygens (including phenoxy) is 1.